The summed E-state index contributed by atoms with van der Waals surface area (Å²) in [6.07, 6.45) is 3.31. The number of hydrogen-bond donors (Lipinski definition) is 1. The second-order valence-corrected chi connectivity index (χ2v) is 5.78. The van der Waals surface area contributed by atoms with Crippen LogP contribution in [-0.4, -0.2) is 46.1 Å². The average Bonchev–Trinajstić information content (AvgIpc) is 2.61. The molecule has 15 heavy (non-hydrogen) atoms. The molecular weight excluding hydrogens is 210 g/mol. The fraction of sp³-hybridized carbons (Fsp3) is 0.909. The molecule has 0 aromatic carbocycles. The van der Waals surface area contributed by atoms with Crippen molar-refractivity contribution >= 4 is 17.7 Å². The molecule has 2 atom stereocenters. The Morgan fingerprint density at radius 2 is 2.00 bits per heavy atom. The molecule has 0 aliphatic carbocycles. The van der Waals surface area contributed by atoms with Crippen LogP contribution in [-0.2, 0) is 4.79 Å². The molecule has 2 rings (SSSR count). The number of hydrogen-bond acceptors (Lipinski definition) is 3. The normalized spacial score (nSPS) is 34.5. The van der Waals surface area contributed by atoms with Crippen LogP contribution in [0.4, 0.5) is 0 Å². The third-order valence-electron chi connectivity index (χ3n) is 3.78. The largest absolute Gasteiger partial charge is 0.481 e. The van der Waals surface area contributed by atoms with Gasteiger partial charge < -0.3 is 5.11 Å². The molecule has 2 fully saturated rings. The Kier molecular flexibility index (Phi) is 3.57. The van der Waals surface area contributed by atoms with Crippen molar-refractivity contribution in [3.8, 4) is 0 Å². The van der Waals surface area contributed by atoms with Crippen molar-refractivity contribution in [3.05, 3.63) is 0 Å². The molecule has 2 saturated heterocycles. The zero-order valence-electron chi connectivity index (χ0n) is 9.19. The van der Waals surface area contributed by atoms with Crippen molar-refractivity contribution in [2.75, 3.05) is 18.1 Å². The summed E-state index contributed by atoms with van der Waals surface area (Å²) in [6, 6.07) is 0.876. The zero-order chi connectivity index (χ0) is 10.8. The lowest BCUT2D eigenvalue weighted by molar-refractivity contribution is -0.142. The third kappa shape index (κ3) is 2.31. The summed E-state index contributed by atoms with van der Waals surface area (Å²) in [6.45, 7) is 3.06. The van der Waals surface area contributed by atoms with Crippen LogP contribution in [0.2, 0.25) is 0 Å². The number of carbonyl (C=O) groups is 1. The zero-order valence-corrected chi connectivity index (χ0v) is 10.0. The molecule has 3 nitrogen and oxygen atoms in total. The van der Waals surface area contributed by atoms with Gasteiger partial charge in [0, 0.05) is 12.1 Å². The van der Waals surface area contributed by atoms with E-state index in [1.807, 2.05) is 11.8 Å². The lowest BCUT2D eigenvalue weighted by Crippen LogP contribution is -2.42. The van der Waals surface area contributed by atoms with E-state index in [1.165, 1.54) is 24.3 Å². The topological polar surface area (TPSA) is 40.5 Å². The molecule has 4 heteroatoms. The lowest BCUT2D eigenvalue weighted by Gasteiger charge is -2.34. The minimum atomic E-state index is -0.616. The standard InChI is InChI=1S/C11H19NO2S/c1-8-10(11(13)14)2-5-12(8)9-3-6-15-7-4-9/h8-10H,2-7H2,1H3,(H,13,14). The van der Waals surface area contributed by atoms with Gasteiger partial charge in [-0.2, -0.15) is 11.8 Å². The van der Waals surface area contributed by atoms with Crippen molar-refractivity contribution in [2.24, 2.45) is 5.92 Å². The Morgan fingerprint density at radius 1 is 1.33 bits per heavy atom. The molecular formula is C11H19NO2S. The molecule has 0 bridgehead atoms. The van der Waals surface area contributed by atoms with Gasteiger partial charge in [-0.15, -0.1) is 0 Å². The summed E-state index contributed by atoms with van der Waals surface area (Å²) in [4.78, 5) is 13.4. The Morgan fingerprint density at radius 3 is 2.53 bits per heavy atom. The van der Waals surface area contributed by atoms with Gasteiger partial charge in [0.05, 0.1) is 5.92 Å². The first-order chi connectivity index (χ1) is 7.20. The number of rotatable bonds is 2. The molecule has 0 radical (unpaired) electrons. The number of aliphatic carboxylic acids is 1. The monoisotopic (exact) mass is 229 g/mol. The van der Waals surface area contributed by atoms with E-state index in [0.29, 0.717) is 6.04 Å². The van der Waals surface area contributed by atoms with E-state index in [1.54, 1.807) is 0 Å². The highest BCUT2D eigenvalue weighted by Gasteiger charge is 2.38. The lowest BCUT2D eigenvalue weighted by atomic mass is 10.0. The molecule has 2 aliphatic heterocycles. The molecule has 2 heterocycles. The van der Waals surface area contributed by atoms with E-state index in [0.717, 1.165) is 13.0 Å². The Hall–Kier alpha value is -0.220. The molecule has 0 aromatic heterocycles. The minimum absolute atomic E-state index is 0.139. The van der Waals surface area contributed by atoms with E-state index >= 15 is 0 Å². The van der Waals surface area contributed by atoms with Crippen molar-refractivity contribution in [2.45, 2.75) is 38.3 Å². The van der Waals surface area contributed by atoms with Crippen molar-refractivity contribution in [1.82, 2.24) is 4.90 Å². The average molecular weight is 229 g/mol. The van der Waals surface area contributed by atoms with Gasteiger partial charge in [0.25, 0.3) is 0 Å². The molecule has 0 spiro atoms. The van der Waals surface area contributed by atoms with Crippen LogP contribution >= 0.6 is 11.8 Å². The van der Waals surface area contributed by atoms with Gasteiger partial charge in [0.1, 0.15) is 0 Å². The maximum atomic E-state index is 11.0. The van der Waals surface area contributed by atoms with Crippen LogP contribution in [0.15, 0.2) is 0 Å². The van der Waals surface area contributed by atoms with Crippen LogP contribution in [0.1, 0.15) is 26.2 Å². The first kappa shape index (κ1) is 11.3. The second kappa shape index (κ2) is 4.74. The molecule has 2 aliphatic rings. The van der Waals surface area contributed by atoms with Gasteiger partial charge in [-0.3, -0.25) is 9.69 Å². The molecule has 0 saturated carbocycles. The molecule has 0 aromatic rings. The second-order valence-electron chi connectivity index (χ2n) is 4.56. The first-order valence-electron chi connectivity index (χ1n) is 5.76. The summed E-state index contributed by atoms with van der Waals surface area (Å²) in [5.74, 6) is 1.73. The van der Waals surface area contributed by atoms with Gasteiger partial charge >= 0.3 is 5.97 Å². The van der Waals surface area contributed by atoms with Crippen LogP contribution < -0.4 is 0 Å². The van der Waals surface area contributed by atoms with E-state index < -0.39 is 5.97 Å². The van der Waals surface area contributed by atoms with E-state index in [2.05, 4.69) is 11.8 Å². The number of carboxylic acids is 1. The predicted molar refractivity (Wildman–Crippen MR) is 62.3 cm³/mol. The van der Waals surface area contributed by atoms with Gasteiger partial charge in [0.2, 0.25) is 0 Å². The summed E-state index contributed by atoms with van der Waals surface area (Å²) < 4.78 is 0. The fourth-order valence-electron chi connectivity index (χ4n) is 2.83. The summed E-state index contributed by atoms with van der Waals surface area (Å²) >= 11 is 2.02. The highest BCUT2D eigenvalue weighted by molar-refractivity contribution is 7.99. The molecule has 0 amide bonds. The van der Waals surface area contributed by atoms with Gasteiger partial charge in [-0.05, 0) is 44.2 Å². The van der Waals surface area contributed by atoms with Gasteiger partial charge in [-0.1, -0.05) is 0 Å². The Bertz CT molecular complexity index is 241. The number of nitrogens with zero attached hydrogens (tertiary/aromatic N) is 1. The number of likely N-dealkylation sites (tertiary alicyclic amines) is 1. The predicted octanol–water partition coefficient (Wildman–Crippen LogP) is 1.68. The third-order valence-corrected chi connectivity index (χ3v) is 4.83. The van der Waals surface area contributed by atoms with E-state index in [4.69, 9.17) is 5.11 Å². The smallest absolute Gasteiger partial charge is 0.308 e. The van der Waals surface area contributed by atoms with Crippen molar-refractivity contribution < 1.29 is 9.90 Å². The van der Waals surface area contributed by atoms with Crippen molar-refractivity contribution in [1.29, 1.82) is 0 Å². The van der Waals surface area contributed by atoms with Crippen molar-refractivity contribution in [3.63, 3.8) is 0 Å². The van der Waals surface area contributed by atoms with Crippen LogP contribution in [0.25, 0.3) is 0 Å². The molecule has 1 N–H and O–H groups in total. The van der Waals surface area contributed by atoms with Crippen LogP contribution in [0, 0.1) is 5.92 Å². The minimum Gasteiger partial charge on any atom is -0.481 e. The van der Waals surface area contributed by atoms with Crippen LogP contribution in [0.5, 0.6) is 0 Å². The highest BCUT2D eigenvalue weighted by atomic mass is 32.2. The number of thioether (sulfide) groups is 1. The molecule has 2 unspecified atom stereocenters. The molecule has 86 valence electrons. The highest BCUT2D eigenvalue weighted by Crippen LogP contribution is 2.31. The maximum Gasteiger partial charge on any atom is 0.308 e. The SMILES string of the molecule is CC1C(C(=O)O)CCN1C1CCSCC1. The van der Waals surface area contributed by atoms with Crippen LogP contribution in [0.3, 0.4) is 0 Å². The summed E-state index contributed by atoms with van der Waals surface area (Å²) in [5.41, 5.74) is 0. The van der Waals surface area contributed by atoms with Gasteiger partial charge in [0.15, 0.2) is 0 Å². The van der Waals surface area contributed by atoms with E-state index in [-0.39, 0.29) is 12.0 Å². The Labute approximate surface area is 95.2 Å². The fourth-order valence-corrected chi connectivity index (χ4v) is 3.91. The first-order valence-corrected chi connectivity index (χ1v) is 6.92. The maximum absolute atomic E-state index is 11.0. The number of carboxylic acid groups (broad SMARTS) is 1. The quantitative estimate of drug-likeness (QED) is 0.782. The van der Waals surface area contributed by atoms with Gasteiger partial charge in [-0.25, -0.2) is 0 Å². The summed E-state index contributed by atoms with van der Waals surface area (Å²) in [5, 5.41) is 9.07. The van der Waals surface area contributed by atoms with E-state index in [9.17, 15) is 4.79 Å². The summed E-state index contributed by atoms with van der Waals surface area (Å²) in [7, 11) is 0. The Balaban J connectivity index is 1.96.